The van der Waals surface area contributed by atoms with Crippen molar-refractivity contribution in [3.8, 4) is 0 Å². The van der Waals surface area contributed by atoms with Gasteiger partial charge in [-0.25, -0.2) is 9.78 Å². The number of thiophene rings is 2. The lowest BCUT2D eigenvalue weighted by molar-refractivity contribution is -0.134. The molecule has 3 aromatic heterocycles. The molecule has 0 aliphatic heterocycles. The van der Waals surface area contributed by atoms with Crippen molar-refractivity contribution in [3.63, 3.8) is 0 Å². The summed E-state index contributed by atoms with van der Waals surface area (Å²) in [5, 5.41) is 16.3. The molecular formula is C24H23Cl2N5O5S2. The van der Waals surface area contributed by atoms with Gasteiger partial charge in [0.25, 0.3) is 11.5 Å². The molecule has 200 valence electrons. The second-order valence-electron chi connectivity index (χ2n) is 7.04. The molecule has 0 fully saturated rings. The number of benzene rings is 2. The highest BCUT2D eigenvalue weighted by Gasteiger charge is 2.17. The largest absolute Gasteiger partial charge is 0.481 e. The number of carbonyl (C=O) groups excluding carboxylic acids is 1. The first kappa shape index (κ1) is 30.5. The lowest BCUT2D eigenvalue weighted by Gasteiger charge is -1.99. The average Bonchev–Trinajstić information content (AvgIpc) is 3.38. The SMILES string of the molecule is CC(=O)O.CCOC(=O)c1sc2ccc(Cl)cc2c1N.N=CN.O=c1[nH]cnc2c1sc1ccc(Cl)cc12. The molecule has 0 spiro atoms. The molecule has 14 heteroatoms. The number of esters is 1. The zero-order valence-corrected chi connectivity index (χ0v) is 23.2. The number of nitrogen functional groups attached to an aromatic ring is 1. The number of nitrogens with zero attached hydrogens (tertiary/aromatic N) is 1. The van der Waals surface area contributed by atoms with Crippen LogP contribution in [0.5, 0.6) is 0 Å². The lowest BCUT2D eigenvalue weighted by Crippen LogP contribution is -2.04. The van der Waals surface area contributed by atoms with Crippen molar-refractivity contribution >= 4 is 100 Å². The lowest BCUT2D eigenvalue weighted by atomic mass is 10.2. The van der Waals surface area contributed by atoms with Crippen LogP contribution >= 0.6 is 45.9 Å². The van der Waals surface area contributed by atoms with Crippen LogP contribution < -0.4 is 17.0 Å². The first-order valence-corrected chi connectivity index (χ1v) is 13.0. The van der Waals surface area contributed by atoms with E-state index >= 15 is 0 Å². The standard InChI is InChI=1S/C11H10ClNO2S.C10H5ClN2OS.C2H4O2.CH4N2/c1-2-15-11(14)10-9(13)7-5-6(12)3-4-8(7)16-10;11-5-1-2-7-6(3-5)8-9(15-7)10(14)13-4-12-8;1-2(3)4;2-1-3/h3-5H,2,13H2,1H3;1-4H,(H,12,13,14);1H3,(H,3,4);1H,(H3,2,3). The number of ether oxygens (including phenoxy) is 1. The number of carboxylic acids is 1. The number of fused-ring (bicyclic) bond motifs is 4. The average molecular weight is 597 g/mol. The van der Waals surface area contributed by atoms with Gasteiger partial charge in [0, 0.05) is 37.1 Å². The number of rotatable bonds is 2. The van der Waals surface area contributed by atoms with E-state index in [-0.39, 0.29) is 11.5 Å². The van der Waals surface area contributed by atoms with Crippen LogP contribution in [-0.4, -0.2) is 40.0 Å². The molecule has 0 bridgehead atoms. The number of aliphatic carboxylic acids is 1. The number of aromatic amines is 1. The van der Waals surface area contributed by atoms with Crippen LogP contribution in [0.15, 0.2) is 47.5 Å². The number of H-pyrrole nitrogens is 1. The summed E-state index contributed by atoms with van der Waals surface area (Å²) in [5.74, 6) is -1.21. The van der Waals surface area contributed by atoms with Crippen LogP contribution in [0, 0.1) is 5.41 Å². The molecule has 5 rings (SSSR count). The van der Waals surface area contributed by atoms with Crippen molar-refractivity contribution in [2.24, 2.45) is 5.73 Å². The highest BCUT2D eigenvalue weighted by atomic mass is 35.5. The number of hydrogen-bond acceptors (Lipinski definition) is 9. The van der Waals surface area contributed by atoms with Gasteiger partial charge < -0.3 is 26.3 Å². The van der Waals surface area contributed by atoms with E-state index in [4.69, 9.17) is 49.0 Å². The Balaban J connectivity index is 0.000000215. The maximum absolute atomic E-state index is 11.6. The first-order valence-electron chi connectivity index (χ1n) is 10.6. The molecule has 0 saturated carbocycles. The Morgan fingerprint density at radius 3 is 2.21 bits per heavy atom. The fraction of sp³-hybridized carbons (Fsp3) is 0.125. The van der Waals surface area contributed by atoms with Crippen molar-refractivity contribution in [1.82, 2.24) is 9.97 Å². The molecule has 0 radical (unpaired) electrons. The zero-order chi connectivity index (χ0) is 28.4. The normalized spacial score (nSPS) is 9.89. The van der Waals surface area contributed by atoms with Crippen molar-refractivity contribution in [1.29, 1.82) is 5.41 Å². The van der Waals surface area contributed by atoms with Crippen LogP contribution in [-0.2, 0) is 9.53 Å². The second kappa shape index (κ2) is 14.3. The first-order chi connectivity index (χ1) is 18.0. The number of anilines is 1. The minimum Gasteiger partial charge on any atom is -0.481 e. The number of carbonyl (C=O) groups is 2. The molecule has 3 heterocycles. The minimum atomic E-state index is -0.833. The van der Waals surface area contributed by atoms with Gasteiger partial charge in [-0.3, -0.25) is 15.0 Å². The summed E-state index contributed by atoms with van der Waals surface area (Å²) >= 11 is 14.5. The van der Waals surface area contributed by atoms with Crippen molar-refractivity contribution < 1.29 is 19.4 Å². The Bertz CT molecular complexity index is 1640. The molecule has 38 heavy (non-hydrogen) atoms. The van der Waals surface area contributed by atoms with Gasteiger partial charge in [0.1, 0.15) is 9.58 Å². The number of halogens is 2. The minimum absolute atomic E-state index is 0.0997. The molecular weight excluding hydrogens is 573 g/mol. The second-order valence-corrected chi connectivity index (χ2v) is 10.0. The van der Waals surface area contributed by atoms with E-state index in [2.05, 4.69) is 15.7 Å². The summed E-state index contributed by atoms with van der Waals surface area (Å²) in [6.45, 7) is 3.19. The number of nitrogens with two attached hydrogens (primary N) is 2. The smallest absolute Gasteiger partial charge is 0.350 e. The van der Waals surface area contributed by atoms with Crippen LogP contribution in [0.4, 0.5) is 5.69 Å². The highest BCUT2D eigenvalue weighted by Crippen LogP contribution is 2.35. The van der Waals surface area contributed by atoms with Crippen LogP contribution in [0.2, 0.25) is 10.0 Å². The van der Waals surface area contributed by atoms with E-state index in [9.17, 15) is 9.59 Å². The number of carboxylic acid groups (broad SMARTS) is 1. The Morgan fingerprint density at radius 2 is 1.66 bits per heavy atom. The third kappa shape index (κ3) is 7.89. The molecule has 0 amide bonds. The molecule has 0 saturated heterocycles. The maximum atomic E-state index is 11.6. The topological polar surface area (TPSA) is 185 Å². The molecule has 5 aromatic rings. The van der Waals surface area contributed by atoms with Crippen molar-refractivity contribution in [2.75, 3.05) is 12.3 Å². The summed E-state index contributed by atoms with van der Waals surface area (Å²) < 4.78 is 7.54. The van der Waals surface area contributed by atoms with Crippen molar-refractivity contribution in [2.45, 2.75) is 13.8 Å². The summed E-state index contributed by atoms with van der Waals surface area (Å²) in [4.78, 5) is 39.3. The number of aromatic nitrogens is 2. The van der Waals surface area contributed by atoms with Crippen LogP contribution in [0.1, 0.15) is 23.5 Å². The van der Waals surface area contributed by atoms with E-state index in [1.165, 1.54) is 29.0 Å². The van der Waals surface area contributed by atoms with Crippen LogP contribution in [0.25, 0.3) is 30.4 Å². The van der Waals surface area contributed by atoms with Gasteiger partial charge in [0.2, 0.25) is 0 Å². The summed E-state index contributed by atoms with van der Waals surface area (Å²) in [5.41, 5.74) is 11.3. The van der Waals surface area contributed by atoms with E-state index < -0.39 is 5.97 Å². The van der Waals surface area contributed by atoms with E-state index in [0.29, 0.717) is 31.9 Å². The fourth-order valence-electron chi connectivity index (χ4n) is 3.00. The molecule has 2 aromatic carbocycles. The monoisotopic (exact) mass is 595 g/mol. The Kier molecular flexibility index (Phi) is 11.5. The predicted molar refractivity (Wildman–Crippen MR) is 156 cm³/mol. The summed E-state index contributed by atoms with van der Waals surface area (Å²) in [6.07, 6.45) is 2.16. The van der Waals surface area contributed by atoms with Gasteiger partial charge in [-0.1, -0.05) is 23.2 Å². The van der Waals surface area contributed by atoms with Gasteiger partial charge >= 0.3 is 5.97 Å². The van der Waals surface area contributed by atoms with Gasteiger partial charge in [-0.05, 0) is 43.3 Å². The van der Waals surface area contributed by atoms with Gasteiger partial charge in [-0.2, -0.15) is 0 Å². The Morgan fingerprint density at radius 1 is 1.13 bits per heavy atom. The maximum Gasteiger partial charge on any atom is 0.350 e. The van der Waals surface area contributed by atoms with Gasteiger partial charge in [0.05, 0.1) is 30.5 Å². The van der Waals surface area contributed by atoms with Crippen molar-refractivity contribution in [3.05, 3.63) is 68.0 Å². The Hall–Kier alpha value is -3.71. The third-order valence-corrected chi connectivity index (χ3v) is 7.16. The molecule has 0 unspecified atom stereocenters. The molecule has 0 atom stereocenters. The number of hydrogen-bond donors (Lipinski definition) is 5. The predicted octanol–water partition coefficient (Wildman–Crippen LogP) is 5.75. The Labute approximate surface area is 234 Å². The number of nitrogens with one attached hydrogen (secondary N) is 2. The van der Waals surface area contributed by atoms with E-state index in [1.807, 2.05) is 24.3 Å². The van der Waals surface area contributed by atoms with Gasteiger partial charge in [0.15, 0.2) is 0 Å². The molecule has 10 nitrogen and oxygen atoms in total. The van der Waals surface area contributed by atoms with Crippen LogP contribution in [0.3, 0.4) is 0 Å². The van der Waals surface area contributed by atoms with E-state index in [1.54, 1.807) is 19.1 Å². The highest BCUT2D eigenvalue weighted by molar-refractivity contribution is 7.25. The molecule has 0 aliphatic carbocycles. The summed E-state index contributed by atoms with van der Waals surface area (Å²) in [6, 6.07) is 10.9. The molecule has 7 N–H and O–H groups in total. The van der Waals surface area contributed by atoms with Gasteiger partial charge in [-0.15, -0.1) is 22.7 Å². The quantitative estimate of drug-likeness (QED) is 0.0969. The molecule has 0 aliphatic rings. The van der Waals surface area contributed by atoms with E-state index in [0.717, 1.165) is 39.0 Å². The third-order valence-electron chi connectivity index (χ3n) is 4.37. The zero-order valence-electron chi connectivity index (χ0n) is 20.1. The summed E-state index contributed by atoms with van der Waals surface area (Å²) in [7, 11) is 0. The fourth-order valence-corrected chi connectivity index (χ4v) is 5.37.